The maximum Gasteiger partial charge on any atom is 0.328 e. The van der Waals surface area contributed by atoms with Gasteiger partial charge in [0.2, 0.25) is 0 Å². The van der Waals surface area contributed by atoms with Crippen molar-refractivity contribution in [1.82, 2.24) is 14.7 Å². The minimum Gasteiger partial charge on any atom is -0.383 e. The molecular formula is C18H25N3O3. The van der Waals surface area contributed by atoms with Gasteiger partial charge in [0.1, 0.15) is 5.54 Å². The zero-order chi connectivity index (χ0) is 17.2. The molecule has 2 saturated heterocycles. The number of amides is 3. The number of methoxy groups -OCH3 is 1. The lowest BCUT2D eigenvalue weighted by Gasteiger charge is -2.41. The highest BCUT2D eigenvalue weighted by Crippen LogP contribution is 2.38. The van der Waals surface area contributed by atoms with Gasteiger partial charge in [-0.15, -0.1) is 0 Å². The van der Waals surface area contributed by atoms with Gasteiger partial charge < -0.3 is 14.5 Å². The molecule has 0 unspecified atom stereocenters. The summed E-state index contributed by atoms with van der Waals surface area (Å²) >= 11 is 0. The van der Waals surface area contributed by atoms with Crippen LogP contribution in [0.4, 0.5) is 4.79 Å². The van der Waals surface area contributed by atoms with Crippen molar-refractivity contribution in [2.75, 3.05) is 40.4 Å². The molecule has 1 aromatic rings. The Hall–Kier alpha value is -1.92. The molecule has 0 bridgehead atoms. The number of nitrogens with zero attached hydrogens (tertiary/aromatic N) is 3. The lowest BCUT2D eigenvalue weighted by Crippen LogP contribution is -2.55. The number of rotatable bonds is 5. The van der Waals surface area contributed by atoms with Gasteiger partial charge in [0.15, 0.2) is 0 Å². The number of carbonyl (C=O) groups excluding carboxylic acids is 2. The molecule has 6 heteroatoms. The number of urea groups is 1. The van der Waals surface area contributed by atoms with E-state index in [9.17, 15) is 9.59 Å². The van der Waals surface area contributed by atoms with Crippen molar-refractivity contribution in [3.63, 3.8) is 0 Å². The molecule has 2 heterocycles. The molecule has 0 radical (unpaired) electrons. The number of carbonyl (C=O) groups is 2. The van der Waals surface area contributed by atoms with Gasteiger partial charge in [0.05, 0.1) is 13.2 Å². The summed E-state index contributed by atoms with van der Waals surface area (Å²) in [5.74, 6) is -0.0615. The van der Waals surface area contributed by atoms with Crippen LogP contribution in [0.2, 0.25) is 0 Å². The summed E-state index contributed by atoms with van der Waals surface area (Å²) in [6.45, 7) is 2.80. The molecule has 0 atom stereocenters. The topological polar surface area (TPSA) is 53.1 Å². The third-order valence-corrected chi connectivity index (χ3v) is 5.14. The maximum absolute atomic E-state index is 13.1. The number of likely N-dealkylation sites (tertiary alicyclic amines) is 1. The van der Waals surface area contributed by atoms with Gasteiger partial charge in [-0.1, -0.05) is 30.3 Å². The Kier molecular flexibility index (Phi) is 4.87. The van der Waals surface area contributed by atoms with Crippen LogP contribution < -0.4 is 0 Å². The van der Waals surface area contributed by atoms with Crippen LogP contribution in [0, 0.1) is 0 Å². The SMILES string of the molecule is COCCN1C(=O)N(Cc2ccccc2)C2(CCN(C)CC2)C1=O. The fraction of sp³-hybridized carbons (Fsp3) is 0.556. The van der Waals surface area contributed by atoms with Crippen molar-refractivity contribution >= 4 is 11.9 Å². The monoisotopic (exact) mass is 331 g/mol. The van der Waals surface area contributed by atoms with E-state index in [2.05, 4.69) is 11.9 Å². The van der Waals surface area contributed by atoms with Gasteiger partial charge in [-0.25, -0.2) is 4.79 Å². The molecule has 0 saturated carbocycles. The van der Waals surface area contributed by atoms with Crippen molar-refractivity contribution in [3.05, 3.63) is 35.9 Å². The number of imide groups is 1. The Bertz CT molecular complexity index is 597. The van der Waals surface area contributed by atoms with E-state index in [1.807, 2.05) is 30.3 Å². The first-order valence-electron chi connectivity index (χ1n) is 8.43. The number of hydrogen-bond donors (Lipinski definition) is 0. The normalized spacial score (nSPS) is 21.1. The molecular weight excluding hydrogens is 306 g/mol. The summed E-state index contributed by atoms with van der Waals surface area (Å²) in [5.41, 5.74) is 0.346. The smallest absolute Gasteiger partial charge is 0.328 e. The average molecular weight is 331 g/mol. The third kappa shape index (κ3) is 2.91. The standard InChI is InChI=1S/C18H25N3O3/c1-19-10-8-18(9-11-19)16(22)20(12-13-24-2)17(23)21(18)14-15-6-4-3-5-7-15/h3-7H,8-14H2,1-2H3. The molecule has 0 aliphatic carbocycles. The quantitative estimate of drug-likeness (QED) is 0.769. The van der Waals surface area contributed by atoms with Gasteiger partial charge in [-0.05, 0) is 25.5 Å². The number of ether oxygens (including phenoxy) is 1. The molecule has 2 aliphatic rings. The van der Waals surface area contributed by atoms with Crippen LogP contribution in [-0.4, -0.2) is 72.6 Å². The predicted octanol–water partition coefficient (Wildman–Crippen LogP) is 1.56. The second-order valence-corrected chi connectivity index (χ2v) is 6.64. The van der Waals surface area contributed by atoms with Crippen molar-refractivity contribution in [1.29, 1.82) is 0 Å². The predicted molar refractivity (Wildman–Crippen MR) is 90.4 cm³/mol. The molecule has 0 N–H and O–H groups in total. The van der Waals surface area contributed by atoms with Gasteiger partial charge in [0, 0.05) is 26.7 Å². The molecule has 3 amide bonds. The Morgan fingerprint density at radius 2 is 1.79 bits per heavy atom. The van der Waals surface area contributed by atoms with Gasteiger partial charge in [0.25, 0.3) is 5.91 Å². The van der Waals surface area contributed by atoms with Crippen LogP contribution in [0.1, 0.15) is 18.4 Å². The first-order valence-corrected chi connectivity index (χ1v) is 8.43. The second kappa shape index (κ2) is 6.91. The van der Waals surface area contributed by atoms with Crippen LogP contribution in [0.25, 0.3) is 0 Å². The number of piperidine rings is 1. The molecule has 0 aromatic heterocycles. The minimum atomic E-state index is -0.701. The van der Waals surface area contributed by atoms with Crippen molar-refractivity contribution in [2.45, 2.75) is 24.9 Å². The summed E-state index contributed by atoms with van der Waals surface area (Å²) in [6.07, 6.45) is 1.37. The lowest BCUT2D eigenvalue weighted by molar-refractivity contribution is -0.136. The van der Waals surface area contributed by atoms with E-state index in [4.69, 9.17) is 4.74 Å². The zero-order valence-electron chi connectivity index (χ0n) is 14.4. The third-order valence-electron chi connectivity index (χ3n) is 5.14. The highest BCUT2D eigenvalue weighted by molar-refractivity contribution is 6.07. The molecule has 1 spiro atoms. The maximum atomic E-state index is 13.1. The van der Waals surface area contributed by atoms with Crippen molar-refractivity contribution < 1.29 is 14.3 Å². The molecule has 24 heavy (non-hydrogen) atoms. The van der Waals surface area contributed by atoms with E-state index >= 15 is 0 Å². The van der Waals surface area contributed by atoms with Crippen LogP contribution in [0.15, 0.2) is 30.3 Å². The van der Waals surface area contributed by atoms with Crippen LogP contribution in [-0.2, 0) is 16.1 Å². The van der Waals surface area contributed by atoms with E-state index in [1.165, 1.54) is 4.90 Å². The van der Waals surface area contributed by atoms with Crippen LogP contribution >= 0.6 is 0 Å². The van der Waals surface area contributed by atoms with E-state index in [0.717, 1.165) is 18.7 Å². The van der Waals surface area contributed by atoms with Gasteiger partial charge in [-0.2, -0.15) is 0 Å². The van der Waals surface area contributed by atoms with E-state index < -0.39 is 5.54 Å². The van der Waals surface area contributed by atoms with Gasteiger partial charge >= 0.3 is 6.03 Å². The first-order chi connectivity index (χ1) is 11.6. The Morgan fingerprint density at radius 1 is 1.12 bits per heavy atom. The zero-order valence-corrected chi connectivity index (χ0v) is 14.4. The Balaban J connectivity index is 1.89. The number of hydrogen-bond acceptors (Lipinski definition) is 4. The van der Waals surface area contributed by atoms with Crippen LogP contribution in [0.3, 0.4) is 0 Å². The van der Waals surface area contributed by atoms with Gasteiger partial charge in [-0.3, -0.25) is 9.69 Å². The van der Waals surface area contributed by atoms with Crippen molar-refractivity contribution in [2.24, 2.45) is 0 Å². The molecule has 2 fully saturated rings. The van der Waals surface area contributed by atoms with E-state index in [0.29, 0.717) is 32.5 Å². The summed E-state index contributed by atoms with van der Waals surface area (Å²) in [5, 5.41) is 0. The van der Waals surface area contributed by atoms with E-state index in [1.54, 1.807) is 12.0 Å². The molecule has 130 valence electrons. The molecule has 6 nitrogen and oxygen atoms in total. The van der Waals surface area contributed by atoms with Crippen molar-refractivity contribution in [3.8, 4) is 0 Å². The first kappa shape index (κ1) is 16.9. The fourth-order valence-electron chi connectivity index (χ4n) is 3.62. The summed E-state index contributed by atoms with van der Waals surface area (Å²) in [7, 11) is 3.64. The Morgan fingerprint density at radius 3 is 2.42 bits per heavy atom. The lowest BCUT2D eigenvalue weighted by atomic mass is 9.85. The highest BCUT2D eigenvalue weighted by Gasteiger charge is 2.57. The summed E-state index contributed by atoms with van der Waals surface area (Å²) < 4.78 is 5.07. The Labute approximate surface area is 143 Å². The minimum absolute atomic E-state index is 0.0615. The number of benzene rings is 1. The molecule has 3 rings (SSSR count). The van der Waals surface area contributed by atoms with Crippen LogP contribution in [0.5, 0.6) is 0 Å². The highest BCUT2D eigenvalue weighted by atomic mass is 16.5. The molecule has 1 aromatic carbocycles. The summed E-state index contributed by atoms with van der Waals surface area (Å²) in [6, 6.07) is 9.68. The second-order valence-electron chi connectivity index (χ2n) is 6.64. The molecule has 2 aliphatic heterocycles. The largest absolute Gasteiger partial charge is 0.383 e. The fourth-order valence-corrected chi connectivity index (χ4v) is 3.62. The summed E-state index contributed by atoms with van der Waals surface area (Å²) in [4.78, 5) is 31.4. The average Bonchev–Trinajstić information content (AvgIpc) is 2.78. The van der Waals surface area contributed by atoms with E-state index in [-0.39, 0.29) is 11.9 Å².